The molecular weight excluding hydrogens is 416 g/mol. The Labute approximate surface area is 186 Å². The van der Waals surface area contributed by atoms with Crippen molar-refractivity contribution in [1.29, 1.82) is 0 Å². The van der Waals surface area contributed by atoms with Gasteiger partial charge in [0.2, 0.25) is 12.0 Å². The van der Waals surface area contributed by atoms with E-state index in [1.807, 2.05) is 42.5 Å². The van der Waals surface area contributed by atoms with E-state index < -0.39 is 18.2 Å². The number of aliphatic carboxylic acids is 2. The lowest BCUT2D eigenvalue weighted by atomic mass is 10.1. The number of carbonyl (C=O) groups is 2. The number of pyridine rings is 1. The molecule has 2 aromatic rings. The fourth-order valence-electron chi connectivity index (χ4n) is 2.87. The first-order chi connectivity index (χ1) is 15.1. The van der Waals surface area contributed by atoms with E-state index in [0.717, 1.165) is 22.7 Å². The Morgan fingerprint density at radius 2 is 1.75 bits per heavy atom. The molecule has 0 saturated heterocycles. The van der Waals surface area contributed by atoms with Crippen LogP contribution < -0.4 is 24.8 Å². The minimum Gasteiger partial charge on any atom is -0.545 e. The molecule has 0 spiro atoms. The molecule has 1 aliphatic rings. The molecule has 1 aliphatic heterocycles. The van der Waals surface area contributed by atoms with Gasteiger partial charge in [0.1, 0.15) is 13.2 Å². The molecule has 0 radical (unpaired) electrons. The summed E-state index contributed by atoms with van der Waals surface area (Å²) in [4.78, 5) is 18.8. The molecule has 172 valence electrons. The van der Waals surface area contributed by atoms with E-state index in [9.17, 15) is 24.9 Å². The highest BCUT2D eigenvalue weighted by molar-refractivity contribution is 5.87. The molecule has 2 heterocycles. The molecule has 0 fully saturated rings. The third-order valence-electron chi connectivity index (χ3n) is 4.46. The number of aliphatic hydroxyl groups is 1. The summed E-state index contributed by atoms with van der Waals surface area (Å²) in [5.74, 6) is -2.28. The van der Waals surface area contributed by atoms with Crippen LogP contribution in [0.2, 0.25) is 0 Å². The number of aliphatic hydroxyl groups excluding tert-OH is 1. The van der Waals surface area contributed by atoms with Gasteiger partial charge in [-0.1, -0.05) is 30.3 Å². The molecule has 1 unspecified atom stereocenters. The highest BCUT2D eigenvalue weighted by Gasteiger charge is 2.32. The van der Waals surface area contributed by atoms with Crippen molar-refractivity contribution in [3.05, 3.63) is 71.6 Å². The first-order valence-electron chi connectivity index (χ1n) is 10.0. The lowest BCUT2D eigenvalue weighted by molar-refractivity contribution is -0.933. The number of rotatable bonds is 6. The van der Waals surface area contributed by atoms with Crippen molar-refractivity contribution in [2.24, 2.45) is 0 Å². The van der Waals surface area contributed by atoms with Gasteiger partial charge in [-0.15, -0.1) is 4.57 Å². The summed E-state index contributed by atoms with van der Waals surface area (Å²) >= 11 is 0. The van der Waals surface area contributed by atoms with Gasteiger partial charge in [0.05, 0.1) is 17.5 Å². The number of hydrogen-bond acceptors (Lipinski definition) is 7. The Morgan fingerprint density at radius 1 is 1.12 bits per heavy atom. The van der Waals surface area contributed by atoms with Gasteiger partial charge in [-0.25, -0.2) is 0 Å². The standard InChI is InChI=1S/C19H25N2O3.C4H4O4/c1-19(2,3)20-13-21-15(11-22)9-10-17-16(21)12-23-18(24-17)14-7-5-4-6-8-14;5-3(6)1-2-4(7)8/h4-10,18,20,22H,11-13H2,1-3H3;1-2H,(H,5,6)(H,7,8)/q+1;/p-1/b;2-1-. The number of carboxylic acids is 2. The Kier molecular flexibility index (Phi) is 8.89. The number of nitrogens with two attached hydrogens (primary N) is 1. The number of carbonyl (C=O) groups excluding carboxylic acids is 2. The summed E-state index contributed by atoms with van der Waals surface area (Å²) in [7, 11) is 0. The molecule has 3 rings (SSSR count). The molecule has 32 heavy (non-hydrogen) atoms. The minimum absolute atomic E-state index is 0.00657. The second-order valence-electron chi connectivity index (χ2n) is 8.12. The van der Waals surface area contributed by atoms with Crippen LogP contribution in [0.5, 0.6) is 5.75 Å². The summed E-state index contributed by atoms with van der Waals surface area (Å²) in [6.07, 6.45) is 0.378. The van der Waals surface area contributed by atoms with Crippen LogP contribution in [0, 0.1) is 0 Å². The van der Waals surface area contributed by atoms with Gasteiger partial charge >= 0.3 is 0 Å². The van der Waals surface area contributed by atoms with Gasteiger partial charge in [-0.2, -0.15) is 0 Å². The van der Waals surface area contributed by atoms with Crippen molar-refractivity contribution < 1.29 is 44.3 Å². The smallest absolute Gasteiger partial charge is 0.274 e. The van der Waals surface area contributed by atoms with Crippen LogP contribution in [-0.4, -0.2) is 22.6 Å². The van der Waals surface area contributed by atoms with Gasteiger partial charge in [-0.3, -0.25) is 5.32 Å². The van der Waals surface area contributed by atoms with Crippen LogP contribution in [0.25, 0.3) is 0 Å². The van der Waals surface area contributed by atoms with Crippen molar-refractivity contribution >= 4 is 11.9 Å². The Hall–Kier alpha value is -3.27. The Balaban J connectivity index is 0.000000390. The maximum Gasteiger partial charge on any atom is 0.274 e. The molecule has 3 N–H and O–H groups in total. The molecule has 1 atom stereocenters. The number of benzene rings is 1. The van der Waals surface area contributed by atoms with E-state index in [1.165, 1.54) is 0 Å². The Morgan fingerprint density at radius 3 is 2.28 bits per heavy atom. The molecular formula is C23H28N2O7. The maximum atomic E-state index is 9.66. The van der Waals surface area contributed by atoms with E-state index in [-0.39, 0.29) is 12.1 Å². The summed E-state index contributed by atoms with van der Waals surface area (Å²) in [5.41, 5.74) is 2.93. The van der Waals surface area contributed by atoms with Gasteiger partial charge in [0.15, 0.2) is 5.75 Å². The normalized spacial score (nSPS) is 15.3. The number of nitrogens with zero attached hydrogens (tertiary/aromatic N) is 1. The number of fused-ring (bicyclic) bond motifs is 1. The summed E-state index contributed by atoms with van der Waals surface area (Å²) in [6.45, 7) is 7.67. The molecule has 0 aliphatic carbocycles. The largest absolute Gasteiger partial charge is 0.545 e. The van der Waals surface area contributed by atoms with Crippen LogP contribution >= 0.6 is 0 Å². The molecule has 0 bridgehead atoms. The topological polar surface area (TPSA) is 139 Å². The summed E-state index contributed by atoms with van der Waals surface area (Å²) in [5, 5.41) is 30.7. The number of aromatic nitrogens is 1. The summed E-state index contributed by atoms with van der Waals surface area (Å²) in [6, 6.07) is 13.8. The maximum absolute atomic E-state index is 9.66. The molecule has 9 nitrogen and oxygen atoms in total. The van der Waals surface area contributed by atoms with Crippen molar-refractivity contribution in [3.8, 4) is 5.75 Å². The quantitative estimate of drug-likeness (QED) is 0.406. The van der Waals surface area contributed by atoms with Gasteiger partial charge in [0, 0.05) is 11.6 Å². The lowest BCUT2D eigenvalue weighted by Crippen LogP contribution is -2.97. The predicted octanol–water partition coefficient (Wildman–Crippen LogP) is -1.56. The minimum atomic E-state index is -1.55. The lowest BCUT2D eigenvalue weighted by Gasteiger charge is -2.25. The fraction of sp³-hybridized carbons (Fsp3) is 0.348. The van der Waals surface area contributed by atoms with Crippen LogP contribution in [-0.2, 0) is 34.2 Å². The molecule has 9 heteroatoms. The number of ether oxygens (including phenoxy) is 2. The van der Waals surface area contributed by atoms with Crippen LogP contribution in [0.15, 0.2) is 54.6 Å². The van der Waals surface area contributed by atoms with Gasteiger partial charge < -0.3 is 34.4 Å². The van der Waals surface area contributed by atoms with Crippen LogP contribution in [0.4, 0.5) is 0 Å². The highest BCUT2D eigenvalue weighted by atomic mass is 16.7. The molecule has 1 aromatic carbocycles. The first-order valence-corrected chi connectivity index (χ1v) is 10.0. The second-order valence-corrected chi connectivity index (χ2v) is 8.12. The van der Waals surface area contributed by atoms with Crippen molar-refractivity contribution in [2.45, 2.75) is 52.5 Å². The monoisotopic (exact) mass is 444 g/mol. The third kappa shape index (κ3) is 7.77. The van der Waals surface area contributed by atoms with Crippen molar-refractivity contribution in [2.75, 3.05) is 0 Å². The average Bonchev–Trinajstić information content (AvgIpc) is 2.76. The molecule has 0 amide bonds. The summed E-state index contributed by atoms with van der Waals surface area (Å²) < 4.78 is 14.1. The van der Waals surface area contributed by atoms with Gasteiger partial charge in [-0.05, 0) is 39.0 Å². The number of quaternary nitrogens is 1. The third-order valence-corrected chi connectivity index (χ3v) is 4.46. The van der Waals surface area contributed by atoms with Crippen LogP contribution in [0.1, 0.15) is 44.0 Å². The predicted molar refractivity (Wildman–Crippen MR) is 108 cm³/mol. The van der Waals surface area contributed by atoms with E-state index in [1.54, 1.807) is 0 Å². The Bertz CT molecular complexity index is 937. The van der Waals surface area contributed by atoms with Crippen molar-refractivity contribution in [1.82, 2.24) is 0 Å². The highest BCUT2D eigenvalue weighted by Crippen LogP contribution is 2.31. The van der Waals surface area contributed by atoms with E-state index >= 15 is 0 Å². The fourth-order valence-corrected chi connectivity index (χ4v) is 2.87. The molecule has 1 aromatic heterocycles. The van der Waals surface area contributed by atoms with Gasteiger partial charge in [0.25, 0.3) is 12.4 Å². The number of hydrogen-bond donors (Lipinski definition) is 2. The number of carboxylic acid groups (broad SMARTS) is 2. The second kappa shape index (κ2) is 11.4. The average molecular weight is 444 g/mol. The SMILES string of the molecule is CC(C)(C)[NH2+]C[n+]1c(CO)ccc2c1COC(c1ccccc1)O2.O=C([O-])/C=C\C(=O)[O-]. The zero-order valence-corrected chi connectivity index (χ0v) is 18.3. The van der Waals surface area contributed by atoms with E-state index in [0.29, 0.717) is 25.4 Å². The first kappa shape index (κ1) is 25.0. The zero-order valence-electron chi connectivity index (χ0n) is 18.3. The van der Waals surface area contributed by atoms with Crippen molar-refractivity contribution in [3.63, 3.8) is 0 Å². The molecule has 0 saturated carbocycles. The zero-order chi connectivity index (χ0) is 23.7. The van der Waals surface area contributed by atoms with E-state index in [2.05, 4.69) is 30.7 Å². The van der Waals surface area contributed by atoms with Crippen LogP contribution in [0.3, 0.4) is 0 Å². The van der Waals surface area contributed by atoms with E-state index in [4.69, 9.17) is 9.47 Å².